The molecular formula is C16H15ClN3-. The number of hydrogen-bond donors (Lipinski definition) is 1. The molecule has 2 aromatic carbocycles. The number of rotatable bonds is 2. The van der Waals surface area contributed by atoms with Gasteiger partial charge in [0.2, 0.25) is 0 Å². The van der Waals surface area contributed by atoms with Gasteiger partial charge in [0.05, 0.1) is 5.52 Å². The number of aryl methyl sites for hydroxylation is 2. The van der Waals surface area contributed by atoms with Crippen LogP contribution >= 0.6 is 0 Å². The predicted molar refractivity (Wildman–Crippen MR) is 78.7 cm³/mol. The standard InChI is InChI=1S/C16H15N3.ClH/c1-11-7-8-13(9-12(11)2)19-16-14-5-3-4-6-15(14)17-10-18-16;/h3-10H,1-2H3,(H,17,18,19);1H/p-1. The second kappa shape index (κ2) is 5.88. The molecule has 3 nitrogen and oxygen atoms in total. The van der Waals surface area contributed by atoms with Crippen LogP contribution in [0.5, 0.6) is 0 Å². The molecule has 0 radical (unpaired) electrons. The Morgan fingerprint density at radius 3 is 2.50 bits per heavy atom. The number of aromatic nitrogens is 2. The normalized spacial score (nSPS) is 10.1. The van der Waals surface area contributed by atoms with E-state index in [1.54, 1.807) is 6.33 Å². The second-order valence-corrected chi connectivity index (χ2v) is 4.66. The van der Waals surface area contributed by atoms with Crippen molar-refractivity contribution in [3.63, 3.8) is 0 Å². The van der Waals surface area contributed by atoms with Gasteiger partial charge in [0.25, 0.3) is 0 Å². The summed E-state index contributed by atoms with van der Waals surface area (Å²) >= 11 is 0. The van der Waals surface area contributed by atoms with Crippen LogP contribution in [0.25, 0.3) is 10.9 Å². The number of nitrogens with one attached hydrogen (secondary N) is 1. The van der Waals surface area contributed by atoms with Crippen LogP contribution in [0.15, 0.2) is 48.8 Å². The van der Waals surface area contributed by atoms with Gasteiger partial charge in [-0.2, -0.15) is 0 Å². The third-order valence-electron chi connectivity index (χ3n) is 3.31. The SMILES string of the molecule is Cc1ccc(Nc2ncnc3ccccc23)cc1C.[Cl-]. The zero-order chi connectivity index (χ0) is 13.2. The molecule has 4 heteroatoms. The first kappa shape index (κ1) is 14.3. The van der Waals surface area contributed by atoms with Crippen molar-refractivity contribution in [2.45, 2.75) is 13.8 Å². The van der Waals surface area contributed by atoms with E-state index in [-0.39, 0.29) is 12.4 Å². The van der Waals surface area contributed by atoms with Crippen LogP contribution in [-0.2, 0) is 0 Å². The summed E-state index contributed by atoms with van der Waals surface area (Å²) in [7, 11) is 0. The van der Waals surface area contributed by atoms with E-state index in [1.807, 2.05) is 24.3 Å². The average molecular weight is 285 g/mol. The van der Waals surface area contributed by atoms with Crippen LogP contribution < -0.4 is 17.7 Å². The molecule has 102 valence electrons. The monoisotopic (exact) mass is 284 g/mol. The molecule has 0 aliphatic carbocycles. The molecule has 0 saturated heterocycles. The smallest absolute Gasteiger partial charge is 0.141 e. The van der Waals surface area contributed by atoms with Gasteiger partial charge in [0, 0.05) is 11.1 Å². The molecule has 0 amide bonds. The molecule has 0 saturated carbocycles. The van der Waals surface area contributed by atoms with E-state index in [0.29, 0.717) is 0 Å². The van der Waals surface area contributed by atoms with Gasteiger partial charge in [-0.15, -0.1) is 0 Å². The van der Waals surface area contributed by atoms with Gasteiger partial charge in [-0.25, -0.2) is 9.97 Å². The molecule has 1 heterocycles. The molecule has 3 aromatic rings. The van der Waals surface area contributed by atoms with Gasteiger partial charge < -0.3 is 17.7 Å². The third-order valence-corrected chi connectivity index (χ3v) is 3.31. The van der Waals surface area contributed by atoms with E-state index in [1.165, 1.54) is 11.1 Å². The summed E-state index contributed by atoms with van der Waals surface area (Å²) in [4.78, 5) is 8.60. The zero-order valence-electron chi connectivity index (χ0n) is 11.4. The maximum Gasteiger partial charge on any atom is 0.141 e. The van der Waals surface area contributed by atoms with Crippen molar-refractivity contribution in [1.29, 1.82) is 0 Å². The lowest BCUT2D eigenvalue weighted by Crippen LogP contribution is -3.00. The summed E-state index contributed by atoms with van der Waals surface area (Å²) in [5.74, 6) is 0.842. The first-order chi connectivity index (χ1) is 9.24. The summed E-state index contributed by atoms with van der Waals surface area (Å²) < 4.78 is 0. The highest BCUT2D eigenvalue weighted by Gasteiger charge is 2.03. The van der Waals surface area contributed by atoms with Crippen LogP contribution in [0.1, 0.15) is 11.1 Å². The number of para-hydroxylation sites is 1. The van der Waals surface area contributed by atoms with Crippen molar-refractivity contribution in [1.82, 2.24) is 9.97 Å². The summed E-state index contributed by atoms with van der Waals surface area (Å²) in [6.45, 7) is 4.22. The minimum Gasteiger partial charge on any atom is -1.00 e. The highest BCUT2D eigenvalue weighted by Crippen LogP contribution is 2.23. The van der Waals surface area contributed by atoms with Crippen LogP contribution in [0.4, 0.5) is 11.5 Å². The quantitative estimate of drug-likeness (QED) is 0.763. The molecule has 0 aliphatic rings. The Hall–Kier alpha value is -2.13. The summed E-state index contributed by atoms with van der Waals surface area (Å²) in [5, 5.41) is 4.39. The van der Waals surface area contributed by atoms with E-state index in [2.05, 4.69) is 47.3 Å². The van der Waals surface area contributed by atoms with E-state index >= 15 is 0 Å². The second-order valence-electron chi connectivity index (χ2n) is 4.66. The van der Waals surface area contributed by atoms with E-state index < -0.39 is 0 Å². The van der Waals surface area contributed by atoms with Gasteiger partial charge in [-0.05, 0) is 49.2 Å². The fourth-order valence-electron chi connectivity index (χ4n) is 2.06. The number of hydrogen-bond acceptors (Lipinski definition) is 3. The van der Waals surface area contributed by atoms with E-state index in [9.17, 15) is 0 Å². The van der Waals surface area contributed by atoms with Crippen molar-refractivity contribution in [2.24, 2.45) is 0 Å². The van der Waals surface area contributed by atoms with Crippen molar-refractivity contribution in [2.75, 3.05) is 5.32 Å². The minimum absolute atomic E-state index is 0. The zero-order valence-corrected chi connectivity index (χ0v) is 12.1. The highest BCUT2D eigenvalue weighted by molar-refractivity contribution is 5.90. The third kappa shape index (κ3) is 2.73. The summed E-state index contributed by atoms with van der Waals surface area (Å²) in [5.41, 5.74) is 4.55. The molecule has 0 atom stereocenters. The van der Waals surface area contributed by atoms with Gasteiger partial charge in [0.1, 0.15) is 12.1 Å². The Morgan fingerprint density at radius 2 is 1.70 bits per heavy atom. The Bertz CT molecular complexity index is 735. The molecule has 3 rings (SSSR count). The van der Waals surface area contributed by atoms with Gasteiger partial charge in [-0.1, -0.05) is 18.2 Å². The lowest BCUT2D eigenvalue weighted by atomic mass is 10.1. The van der Waals surface area contributed by atoms with Crippen molar-refractivity contribution in [3.8, 4) is 0 Å². The Morgan fingerprint density at radius 1 is 0.900 bits per heavy atom. The molecule has 0 unspecified atom stereocenters. The first-order valence-electron chi connectivity index (χ1n) is 6.28. The maximum absolute atomic E-state index is 4.33. The van der Waals surface area contributed by atoms with Crippen LogP contribution in [0.2, 0.25) is 0 Å². The number of nitrogens with zero attached hydrogens (tertiary/aromatic N) is 2. The average Bonchev–Trinajstić information content (AvgIpc) is 2.43. The van der Waals surface area contributed by atoms with Gasteiger partial charge >= 0.3 is 0 Å². The Kier molecular flexibility index (Phi) is 4.20. The Balaban J connectivity index is 0.00000147. The molecule has 0 bridgehead atoms. The number of benzene rings is 2. The highest BCUT2D eigenvalue weighted by atomic mass is 35.5. The van der Waals surface area contributed by atoms with Crippen LogP contribution in [-0.4, -0.2) is 9.97 Å². The number of fused-ring (bicyclic) bond motifs is 1. The molecule has 20 heavy (non-hydrogen) atoms. The predicted octanol–water partition coefficient (Wildman–Crippen LogP) is 0.994. The molecule has 1 aromatic heterocycles. The summed E-state index contributed by atoms with van der Waals surface area (Å²) in [6.07, 6.45) is 1.59. The number of anilines is 2. The molecule has 0 aliphatic heterocycles. The fourth-order valence-corrected chi connectivity index (χ4v) is 2.06. The largest absolute Gasteiger partial charge is 1.00 e. The van der Waals surface area contributed by atoms with Crippen LogP contribution in [0, 0.1) is 13.8 Å². The molecule has 0 fully saturated rings. The van der Waals surface area contributed by atoms with Gasteiger partial charge in [-0.3, -0.25) is 0 Å². The maximum atomic E-state index is 4.33. The molecular weight excluding hydrogens is 270 g/mol. The molecule has 1 N–H and O–H groups in total. The Labute approximate surface area is 124 Å². The van der Waals surface area contributed by atoms with Crippen molar-refractivity contribution < 1.29 is 12.4 Å². The molecule has 0 spiro atoms. The first-order valence-corrected chi connectivity index (χ1v) is 6.28. The number of halogens is 1. The van der Waals surface area contributed by atoms with Crippen molar-refractivity contribution >= 4 is 22.4 Å². The van der Waals surface area contributed by atoms with E-state index in [4.69, 9.17) is 0 Å². The van der Waals surface area contributed by atoms with Crippen molar-refractivity contribution in [3.05, 3.63) is 59.9 Å². The summed E-state index contributed by atoms with van der Waals surface area (Å²) in [6, 6.07) is 14.3. The topological polar surface area (TPSA) is 37.8 Å². The fraction of sp³-hybridized carbons (Fsp3) is 0.125. The lowest BCUT2D eigenvalue weighted by Gasteiger charge is -2.09. The lowest BCUT2D eigenvalue weighted by molar-refractivity contribution is -0.00000401. The van der Waals surface area contributed by atoms with Gasteiger partial charge in [0.15, 0.2) is 0 Å². The minimum atomic E-state index is 0. The van der Waals surface area contributed by atoms with Crippen LogP contribution in [0.3, 0.4) is 0 Å². The van der Waals surface area contributed by atoms with E-state index in [0.717, 1.165) is 22.4 Å².